The summed E-state index contributed by atoms with van der Waals surface area (Å²) >= 11 is 3.51. The first-order chi connectivity index (χ1) is 7.70. The van der Waals surface area contributed by atoms with Crippen LogP contribution in [0.1, 0.15) is 39.0 Å². The van der Waals surface area contributed by atoms with Crippen molar-refractivity contribution in [2.24, 2.45) is 5.41 Å². The van der Waals surface area contributed by atoms with Crippen LogP contribution in [0.2, 0.25) is 0 Å². The lowest BCUT2D eigenvalue weighted by molar-refractivity contribution is 0.233. The van der Waals surface area contributed by atoms with Gasteiger partial charge in [0.25, 0.3) is 0 Å². The van der Waals surface area contributed by atoms with E-state index in [4.69, 9.17) is 0 Å². The van der Waals surface area contributed by atoms with E-state index in [1.807, 2.05) is 18.3 Å². The van der Waals surface area contributed by atoms with Crippen LogP contribution in [0, 0.1) is 5.41 Å². The summed E-state index contributed by atoms with van der Waals surface area (Å²) in [5.74, 6) is 0.967. The molecule has 1 heterocycles. The van der Waals surface area contributed by atoms with Crippen LogP contribution in [0.15, 0.2) is 22.8 Å². The number of hydrogen-bond acceptors (Lipinski definition) is 2. The van der Waals surface area contributed by atoms with E-state index >= 15 is 0 Å². The average Bonchev–Trinajstić information content (AvgIpc) is 2.29. The molecule has 2 rings (SSSR count). The number of rotatable bonds is 3. The van der Waals surface area contributed by atoms with Crippen LogP contribution in [-0.4, -0.2) is 11.5 Å². The zero-order valence-corrected chi connectivity index (χ0v) is 11.4. The van der Waals surface area contributed by atoms with E-state index in [9.17, 15) is 0 Å². The Balaban J connectivity index is 1.94. The fraction of sp³-hybridized carbons (Fsp3) is 0.615. The van der Waals surface area contributed by atoms with Crippen LogP contribution < -0.4 is 5.32 Å². The second-order valence-electron chi connectivity index (χ2n) is 5.06. The Morgan fingerprint density at radius 2 is 2.12 bits per heavy atom. The first kappa shape index (κ1) is 11.9. The van der Waals surface area contributed by atoms with Gasteiger partial charge in [-0.05, 0) is 46.3 Å². The lowest BCUT2D eigenvalue weighted by Crippen LogP contribution is -2.29. The number of pyridine rings is 1. The number of nitrogens with one attached hydrogen (secondary N) is 1. The zero-order valence-electron chi connectivity index (χ0n) is 9.80. The van der Waals surface area contributed by atoms with Crippen molar-refractivity contribution in [3.8, 4) is 0 Å². The predicted octanol–water partition coefficient (Wildman–Crippen LogP) is 4.23. The van der Waals surface area contributed by atoms with Crippen LogP contribution in [-0.2, 0) is 0 Å². The van der Waals surface area contributed by atoms with Gasteiger partial charge in [0.1, 0.15) is 5.82 Å². The first-order valence-corrected chi connectivity index (χ1v) is 6.83. The molecule has 0 bridgehead atoms. The molecule has 0 unspecified atom stereocenters. The molecule has 0 aromatic carbocycles. The third-order valence-electron chi connectivity index (χ3n) is 3.50. The number of halogens is 1. The average molecular weight is 283 g/mol. The molecule has 1 aliphatic rings. The summed E-state index contributed by atoms with van der Waals surface area (Å²) in [5, 5.41) is 3.47. The highest BCUT2D eigenvalue weighted by Crippen LogP contribution is 2.36. The summed E-state index contributed by atoms with van der Waals surface area (Å²) in [5.41, 5.74) is 0.454. The van der Waals surface area contributed by atoms with Crippen molar-refractivity contribution in [2.45, 2.75) is 39.0 Å². The summed E-state index contributed by atoms with van der Waals surface area (Å²) in [4.78, 5) is 4.34. The predicted molar refractivity (Wildman–Crippen MR) is 71.6 cm³/mol. The molecular formula is C13H19BrN2. The molecule has 16 heavy (non-hydrogen) atoms. The van der Waals surface area contributed by atoms with Crippen molar-refractivity contribution >= 4 is 21.7 Å². The lowest BCUT2D eigenvalue weighted by Gasteiger charge is -2.33. The van der Waals surface area contributed by atoms with Crippen LogP contribution in [0.4, 0.5) is 5.82 Å². The van der Waals surface area contributed by atoms with Crippen LogP contribution in [0.5, 0.6) is 0 Å². The molecule has 0 spiro atoms. The van der Waals surface area contributed by atoms with Crippen molar-refractivity contribution in [3.63, 3.8) is 0 Å². The monoisotopic (exact) mass is 282 g/mol. The first-order valence-electron chi connectivity index (χ1n) is 6.04. The quantitative estimate of drug-likeness (QED) is 0.898. The van der Waals surface area contributed by atoms with Gasteiger partial charge in [-0.3, -0.25) is 0 Å². The van der Waals surface area contributed by atoms with Gasteiger partial charge in [-0.1, -0.05) is 26.2 Å². The highest BCUT2D eigenvalue weighted by molar-refractivity contribution is 9.10. The molecule has 1 aromatic heterocycles. The third-order valence-corrected chi connectivity index (χ3v) is 4.14. The van der Waals surface area contributed by atoms with Crippen LogP contribution in [0.25, 0.3) is 0 Å². The molecule has 88 valence electrons. The second kappa shape index (κ2) is 5.17. The molecule has 1 N–H and O–H groups in total. The van der Waals surface area contributed by atoms with Gasteiger partial charge in [0.2, 0.25) is 0 Å². The van der Waals surface area contributed by atoms with Gasteiger partial charge in [0.05, 0.1) is 4.47 Å². The van der Waals surface area contributed by atoms with Crippen LogP contribution in [0.3, 0.4) is 0 Å². The maximum atomic E-state index is 4.34. The molecule has 0 amide bonds. The molecule has 0 atom stereocenters. The van der Waals surface area contributed by atoms with E-state index < -0.39 is 0 Å². The fourth-order valence-corrected chi connectivity index (χ4v) is 2.79. The minimum Gasteiger partial charge on any atom is -0.369 e. The van der Waals surface area contributed by atoms with E-state index in [0.717, 1.165) is 16.8 Å². The van der Waals surface area contributed by atoms with Gasteiger partial charge in [-0.15, -0.1) is 0 Å². The van der Waals surface area contributed by atoms with Gasteiger partial charge in [0, 0.05) is 12.7 Å². The highest BCUT2D eigenvalue weighted by atomic mass is 79.9. The van der Waals surface area contributed by atoms with Crippen LogP contribution >= 0.6 is 15.9 Å². The van der Waals surface area contributed by atoms with Gasteiger partial charge in [-0.25, -0.2) is 4.98 Å². The fourth-order valence-electron chi connectivity index (χ4n) is 2.39. The highest BCUT2D eigenvalue weighted by Gasteiger charge is 2.26. The normalized spacial score (nSPS) is 19.4. The molecule has 1 aromatic rings. The van der Waals surface area contributed by atoms with Crippen molar-refractivity contribution in [2.75, 3.05) is 11.9 Å². The topological polar surface area (TPSA) is 24.9 Å². The molecule has 0 radical (unpaired) electrons. The second-order valence-corrected chi connectivity index (χ2v) is 5.91. The number of hydrogen-bond donors (Lipinski definition) is 1. The van der Waals surface area contributed by atoms with Gasteiger partial charge in [0.15, 0.2) is 0 Å². The minimum absolute atomic E-state index is 0.454. The van der Waals surface area contributed by atoms with E-state index in [-0.39, 0.29) is 0 Å². The Kier molecular flexibility index (Phi) is 3.85. The molecular weight excluding hydrogens is 264 g/mol. The molecule has 2 nitrogen and oxygen atoms in total. The SMILES string of the molecule is CC1(CNc2ncccc2Br)CCCCC1. The van der Waals surface area contributed by atoms with E-state index in [1.54, 1.807) is 0 Å². The molecule has 3 heteroatoms. The number of nitrogens with zero attached hydrogens (tertiary/aromatic N) is 1. The van der Waals surface area contributed by atoms with Gasteiger partial charge < -0.3 is 5.32 Å². The van der Waals surface area contributed by atoms with Crippen molar-refractivity contribution in [1.29, 1.82) is 0 Å². The Hall–Kier alpha value is -0.570. The van der Waals surface area contributed by atoms with Gasteiger partial charge in [-0.2, -0.15) is 0 Å². The molecule has 0 saturated heterocycles. The summed E-state index contributed by atoms with van der Waals surface area (Å²) in [7, 11) is 0. The Labute approximate surface area is 106 Å². The van der Waals surface area contributed by atoms with E-state index in [0.29, 0.717) is 5.41 Å². The molecule has 0 aliphatic heterocycles. The number of anilines is 1. The van der Waals surface area contributed by atoms with E-state index in [2.05, 4.69) is 33.2 Å². The molecule has 1 fully saturated rings. The smallest absolute Gasteiger partial charge is 0.140 e. The largest absolute Gasteiger partial charge is 0.369 e. The lowest BCUT2D eigenvalue weighted by atomic mass is 9.76. The van der Waals surface area contributed by atoms with E-state index in [1.165, 1.54) is 32.1 Å². The third kappa shape index (κ3) is 2.97. The summed E-state index contributed by atoms with van der Waals surface area (Å²) < 4.78 is 1.05. The summed E-state index contributed by atoms with van der Waals surface area (Å²) in [6.45, 7) is 3.42. The molecule has 1 saturated carbocycles. The minimum atomic E-state index is 0.454. The Bertz CT molecular complexity index is 346. The van der Waals surface area contributed by atoms with Crippen molar-refractivity contribution in [1.82, 2.24) is 4.98 Å². The maximum absolute atomic E-state index is 4.34. The number of aromatic nitrogens is 1. The zero-order chi connectivity index (χ0) is 11.4. The molecule has 1 aliphatic carbocycles. The van der Waals surface area contributed by atoms with Crippen molar-refractivity contribution < 1.29 is 0 Å². The summed E-state index contributed by atoms with van der Waals surface area (Å²) in [6, 6.07) is 3.97. The van der Waals surface area contributed by atoms with Gasteiger partial charge >= 0.3 is 0 Å². The maximum Gasteiger partial charge on any atom is 0.140 e. The standard InChI is InChI=1S/C13H19BrN2/c1-13(7-3-2-4-8-13)10-16-12-11(14)6-5-9-15-12/h5-6,9H,2-4,7-8,10H2,1H3,(H,15,16). The Morgan fingerprint density at radius 1 is 1.38 bits per heavy atom. The van der Waals surface area contributed by atoms with Crippen molar-refractivity contribution in [3.05, 3.63) is 22.8 Å². The summed E-state index contributed by atoms with van der Waals surface area (Å²) in [6.07, 6.45) is 8.66. The Morgan fingerprint density at radius 3 is 2.81 bits per heavy atom.